The molecule has 0 radical (unpaired) electrons. The molecule has 27 heavy (non-hydrogen) atoms. The molecule has 0 aliphatic heterocycles. The minimum Gasteiger partial charge on any atom is -0.496 e. The first kappa shape index (κ1) is 17.9. The molecule has 0 aliphatic carbocycles. The van der Waals surface area contributed by atoms with Gasteiger partial charge >= 0.3 is 0 Å². The van der Waals surface area contributed by atoms with E-state index in [4.69, 9.17) is 27.9 Å². The number of rotatable bonds is 3. The average Bonchev–Trinajstić information content (AvgIpc) is 3.18. The first-order valence-electron chi connectivity index (χ1n) is 7.67. The lowest BCUT2D eigenvalue weighted by Crippen LogP contribution is -2.23. The fourth-order valence-electron chi connectivity index (χ4n) is 2.58. The normalized spacial score (nSPS) is 12.1. The second-order valence-electron chi connectivity index (χ2n) is 5.53. The van der Waals surface area contributed by atoms with Gasteiger partial charge in [-0.25, -0.2) is 4.39 Å². The predicted molar refractivity (Wildman–Crippen MR) is 104 cm³/mol. The lowest BCUT2D eigenvalue weighted by Gasteiger charge is -2.05. The molecule has 9 heteroatoms. The minimum absolute atomic E-state index is 0.150. The molecule has 2 heterocycles. The van der Waals surface area contributed by atoms with Crippen molar-refractivity contribution < 1.29 is 9.13 Å². The second-order valence-corrected chi connectivity index (χ2v) is 7.38. The summed E-state index contributed by atoms with van der Waals surface area (Å²) < 4.78 is 20.7. The molecule has 0 unspecified atom stereocenters. The number of hydrogen-bond acceptors (Lipinski definition) is 5. The largest absolute Gasteiger partial charge is 0.496 e. The summed E-state index contributed by atoms with van der Waals surface area (Å²) in [6.07, 6.45) is 1.40. The molecular weight excluding hydrogens is 412 g/mol. The molecule has 4 aromatic rings. The Hall–Kier alpha value is -2.48. The third-order valence-corrected chi connectivity index (χ3v) is 5.38. The number of benzene rings is 2. The van der Waals surface area contributed by atoms with Crippen LogP contribution in [-0.2, 0) is 0 Å². The maximum Gasteiger partial charge on any atom is 0.291 e. The molecule has 0 fully saturated rings. The van der Waals surface area contributed by atoms with Gasteiger partial charge in [-0.15, -0.1) is 5.10 Å². The summed E-state index contributed by atoms with van der Waals surface area (Å²) in [7, 11) is 1.52. The molecule has 0 saturated carbocycles. The molecule has 0 aliphatic rings. The highest BCUT2D eigenvalue weighted by atomic mass is 35.5. The maximum atomic E-state index is 14.0. The standard InChI is InChI=1S/C18H10Cl2FN3O2S/c1-26-14-6-5-9(19)7-11(14)16-22-18-24(23-16)17(25)15(27-18)8-10-12(20)3-2-4-13(10)21/h2-8H,1H3/b15-8-. The van der Waals surface area contributed by atoms with Gasteiger partial charge < -0.3 is 4.74 Å². The van der Waals surface area contributed by atoms with E-state index < -0.39 is 11.4 Å². The van der Waals surface area contributed by atoms with Gasteiger partial charge in [-0.2, -0.15) is 9.50 Å². The number of halogens is 3. The first-order chi connectivity index (χ1) is 13.0. The van der Waals surface area contributed by atoms with Gasteiger partial charge in [0.05, 0.1) is 22.2 Å². The van der Waals surface area contributed by atoms with Crippen LogP contribution in [0.2, 0.25) is 10.0 Å². The van der Waals surface area contributed by atoms with Crippen molar-refractivity contribution in [1.29, 1.82) is 0 Å². The summed E-state index contributed by atoms with van der Waals surface area (Å²) in [6, 6.07) is 9.39. The van der Waals surface area contributed by atoms with E-state index in [0.29, 0.717) is 27.1 Å². The summed E-state index contributed by atoms with van der Waals surface area (Å²) >= 11 is 13.2. The lowest BCUT2D eigenvalue weighted by molar-refractivity contribution is 0.416. The first-order valence-corrected chi connectivity index (χ1v) is 9.24. The number of thiazole rings is 1. The third-order valence-electron chi connectivity index (χ3n) is 3.86. The number of methoxy groups -OCH3 is 1. The summed E-state index contributed by atoms with van der Waals surface area (Å²) in [6.45, 7) is 0. The monoisotopic (exact) mass is 421 g/mol. The Morgan fingerprint density at radius 1 is 1.26 bits per heavy atom. The van der Waals surface area contributed by atoms with Crippen LogP contribution in [0.15, 0.2) is 41.2 Å². The quantitative estimate of drug-likeness (QED) is 0.504. The van der Waals surface area contributed by atoms with E-state index in [1.165, 1.54) is 29.8 Å². The molecule has 2 aromatic carbocycles. The van der Waals surface area contributed by atoms with E-state index >= 15 is 0 Å². The van der Waals surface area contributed by atoms with Crippen LogP contribution in [0.5, 0.6) is 5.75 Å². The van der Waals surface area contributed by atoms with Crippen LogP contribution in [0.1, 0.15) is 5.56 Å². The van der Waals surface area contributed by atoms with Crippen LogP contribution in [0.25, 0.3) is 22.4 Å². The zero-order chi connectivity index (χ0) is 19.1. The van der Waals surface area contributed by atoms with Gasteiger partial charge in [0.15, 0.2) is 5.82 Å². The van der Waals surface area contributed by atoms with Crippen LogP contribution >= 0.6 is 34.5 Å². The predicted octanol–water partition coefficient (Wildman–Crippen LogP) is 3.82. The Morgan fingerprint density at radius 2 is 2.07 bits per heavy atom. The van der Waals surface area contributed by atoms with Gasteiger partial charge in [0.2, 0.25) is 4.96 Å². The number of fused-ring (bicyclic) bond motifs is 1. The van der Waals surface area contributed by atoms with Gasteiger partial charge in [0.1, 0.15) is 11.6 Å². The average molecular weight is 422 g/mol. The Kier molecular flexibility index (Phi) is 4.59. The SMILES string of the molecule is COc1ccc(Cl)cc1-c1nc2s/c(=C\c3c(F)cccc3Cl)c(=O)n2n1. The topological polar surface area (TPSA) is 56.5 Å². The second kappa shape index (κ2) is 6.92. The van der Waals surface area contributed by atoms with Crippen LogP contribution in [0, 0.1) is 5.82 Å². The Balaban J connectivity index is 1.88. The molecule has 0 N–H and O–H groups in total. The van der Waals surface area contributed by atoms with Gasteiger partial charge in [-0.1, -0.05) is 40.6 Å². The van der Waals surface area contributed by atoms with E-state index in [1.54, 1.807) is 24.3 Å². The van der Waals surface area contributed by atoms with Crippen molar-refractivity contribution in [2.75, 3.05) is 7.11 Å². The van der Waals surface area contributed by atoms with E-state index in [1.807, 2.05) is 0 Å². The smallest absolute Gasteiger partial charge is 0.291 e. The molecule has 2 aromatic heterocycles. The number of aromatic nitrogens is 3. The lowest BCUT2D eigenvalue weighted by atomic mass is 10.2. The summed E-state index contributed by atoms with van der Waals surface area (Å²) in [5, 5.41) is 4.97. The van der Waals surface area contributed by atoms with E-state index in [0.717, 1.165) is 11.3 Å². The highest BCUT2D eigenvalue weighted by molar-refractivity contribution is 7.15. The molecule has 136 valence electrons. The molecular formula is C18H10Cl2FN3O2S. The maximum absolute atomic E-state index is 14.0. The van der Waals surface area contributed by atoms with Crippen molar-refractivity contribution in [3.8, 4) is 17.1 Å². The van der Waals surface area contributed by atoms with E-state index in [-0.39, 0.29) is 15.1 Å². The molecule has 0 atom stereocenters. The number of nitrogens with zero attached hydrogens (tertiary/aromatic N) is 3. The van der Waals surface area contributed by atoms with Gasteiger partial charge in [-0.05, 0) is 36.4 Å². The third kappa shape index (κ3) is 3.18. The van der Waals surface area contributed by atoms with E-state index in [2.05, 4.69) is 10.1 Å². The summed E-state index contributed by atoms with van der Waals surface area (Å²) in [5.41, 5.74) is 0.314. The van der Waals surface area contributed by atoms with Crippen LogP contribution in [-0.4, -0.2) is 21.7 Å². The van der Waals surface area contributed by atoms with Crippen molar-refractivity contribution in [3.05, 3.63) is 72.7 Å². The zero-order valence-corrected chi connectivity index (χ0v) is 16.1. The molecule has 0 saturated heterocycles. The zero-order valence-electron chi connectivity index (χ0n) is 13.7. The van der Waals surface area contributed by atoms with Crippen molar-refractivity contribution in [2.45, 2.75) is 0 Å². The van der Waals surface area contributed by atoms with Crippen LogP contribution in [0.3, 0.4) is 0 Å². The molecule has 5 nitrogen and oxygen atoms in total. The molecule has 0 bridgehead atoms. The van der Waals surface area contributed by atoms with Crippen LogP contribution in [0.4, 0.5) is 4.39 Å². The molecule has 0 amide bonds. The number of ether oxygens (including phenoxy) is 1. The highest BCUT2D eigenvalue weighted by Gasteiger charge is 2.16. The molecule has 0 spiro atoms. The fourth-order valence-corrected chi connectivity index (χ4v) is 3.86. The van der Waals surface area contributed by atoms with Crippen molar-refractivity contribution >= 4 is 45.6 Å². The Labute approximate surface area is 166 Å². The van der Waals surface area contributed by atoms with E-state index in [9.17, 15) is 9.18 Å². The molecule has 4 rings (SSSR count). The van der Waals surface area contributed by atoms with Gasteiger partial charge in [0, 0.05) is 10.6 Å². The van der Waals surface area contributed by atoms with Gasteiger partial charge in [-0.3, -0.25) is 4.79 Å². The van der Waals surface area contributed by atoms with Crippen molar-refractivity contribution in [3.63, 3.8) is 0 Å². The van der Waals surface area contributed by atoms with Gasteiger partial charge in [0.25, 0.3) is 5.56 Å². The van der Waals surface area contributed by atoms with Crippen LogP contribution < -0.4 is 14.8 Å². The Bertz CT molecular complexity index is 1270. The summed E-state index contributed by atoms with van der Waals surface area (Å²) in [5.74, 6) is 0.341. The van der Waals surface area contributed by atoms with Crippen molar-refractivity contribution in [1.82, 2.24) is 14.6 Å². The highest BCUT2D eigenvalue weighted by Crippen LogP contribution is 2.30. The van der Waals surface area contributed by atoms with Crippen molar-refractivity contribution in [2.24, 2.45) is 0 Å². The minimum atomic E-state index is -0.509. The fraction of sp³-hybridized carbons (Fsp3) is 0.0556. The Morgan fingerprint density at radius 3 is 2.78 bits per heavy atom. The number of hydrogen-bond donors (Lipinski definition) is 0. The summed E-state index contributed by atoms with van der Waals surface area (Å²) in [4.78, 5) is 17.4.